The average molecular weight is 207 g/mol. The van der Waals surface area contributed by atoms with Gasteiger partial charge < -0.3 is 4.42 Å². The molecule has 0 aliphatic heterocycles. The number of hydrogen-bond acceptors (Lipinski definition) is 1. The van der Waals surface area contributed by atoms with E-state index in [1.54, 1.807) is 0 Å². The van der Waals surface area contributed by atoms with Gasteiger partial charge in [0.05, 0.1) is 5.02 Å². The van der Waals surface area contributed by atoms with Crippen LogP contribution in [0.5, 0.6) is 0 Å². The van der Waals surface area contributed by atoms with Crippen molar-refractivity contribution in [3.05, 3.63) is 46.7 Å². The predicted molar refractivity (Wildman–Crippen MR) is 58.6 cm³/mol. The summed E-state index contributed by atoms with van der Waals surface area (Å²) in [6, 6.07) is 9.79. The molecule has 0 bridgehead atoms. The molecule has 0 aliphatic rings. The Balaban J connectivity index is 2.55. The molecule has 1 heterocycles. The van der Waals surface area contributed by atoms with E-state index in [9.17, 15) is 0 Å². The van der Waals surface area contributed by atoms with Gasteiger partial charge in [0, 0.05) is 5.56 Å². The van der Waals surface area contributed by atoms with Crippen LogP contribution in [0.15, 0.2) is 34.7 Å². The number of furan rings is 1. The van der Waals surface area contributed by atoms with E-state index in [4.69, 9.17) is 16.0 Å². The van der Waals surface area contributed by atoms with Gasteiger partial charge >= 0.3 is 0 Å². The van der Waals surface area contributed by atoms with Gasteiger partial charge in [-0.1, -0.05) is 23.2 Å². The number of benzene rings is 1. The van der Waals surface area contributed by atoms with Gasteiger partial charge in [0.15, 0.2) is 0 Å². The van der Waals surface area contributed by atoms with Gasteiger partial charge in [-0.25, -0.2) is 0 Å². The molecule has 0 saturated heterocycles. The first-order valence-corrected chi connectivity index (χ1v) is 4.87. The van der Waals surface area contributed by atoms with Crippen molar-refractivity contribution in [1.82, 2.24) is 0 Å². The molecule has 0 saturated carbocycles. The van der Waals surface area contributed by atoms with Crippen LogP contribution in [0, 0.1) is 13.8 Å². The summed E-state index contributed by atoms with van der Waals surface area (Å²) in [4.78, 5) is 0. The van der Waals surface area contributed by atoms with E-state index in [-0.39, 0.29) is 0 Å². The number of halogens is 1. The molecule has 0 unspecified atom stereocenters. The van der Waals surface area contributed by atoms with Crippen LogP contribution in [0.1, 0.15) is 11.3 Å². The van der Waals surface area contributed by atoms with Crippen molar-refractivity contribution in [2.45, 2.75) is 13.8 Å². The van der Waals surface area contributed by atoms with Crippen LogP contribution in [0.2, 0.25) is 5.02 Å². The highest BCUT2D eigenvalue weighted by Gasteiger charge is 2.06. The molecule has 0 atom stereocenters. The topological polar surface area (TPSA) is 13.1 Å². The van der Waals surface area contributed by atoms with E-state index >= 15 is 0 Å². The Labute approximate surface area is 88.3 Å². The zero-order chi connectivity index (χ0) is 10.1. The van der Waals surface area contributed by atoms with E-state index in [1.807, 2.05) is 44.2 Å². The summed E-state index contributed by atoms with van der Waals surface area (Å²) in [5, 5.41) is 0.727. The number of rotatable bonds is 1. The summed E-state index contributed by atoms with van der Waals surface area (Å²) in [5.41, 5.74) is 2.14. The fourth-order valence-electron chi connectivity index (χ4n) is 1.41. The zero-order valence-corrected chi connectivity index (χ0v) is 8.93. The SMILES string of the molecule is Cc1ccc(Cl)c(-c2ccc(C)o2)c1. The molecule has 14 heavy (non-hydrogen) atoms. The monoisotopic (exact) mass is 206 g/mol. The molecule has 0 radical (unpaired) electrons. The van der Waals surface area contributed by atoms with Gasteiger partial charge in [-0.15, -0.1) is 0 Å². The van der Waals surface area contributed by atoms with Crippen molar-refractivity contribution in [2.75, 3.05) is 0 Å². The Kier molecular flexibility index (Phi) is 2.34. The lowest BCUT2D eigenvalue weighted by Crippen LogP contribution is -1.78. The molecule has 0 fully saturated rings. The molecule has 0 N–H and O–H groups in total. The van der Waals surface area contributed by atoms with E-state index < -0.39 is 0 Å². The summed E-state index contributed by atoms with van der Waals surface area (Å²) in [5.74, 6) is 1.73. The largest absolute Gasteiger partial charge is 0.461 e. The molecule has 1 aromatic carbocycles. The molecule has 72 valence electrons. The van der Waals surface area contributed by atoms with Gasteiger partial charge in [0.25, 0.3) is 0 Å². The molecule has 0 spiro atoms. The Morgan fingerprint density at radius 3 is 2.50 bits per heavy atom. The molecule has 0 amide bonds. The van der Waals surface area contributed by atoms with Crippen molar-refractivity contribution in [1.29, 1.82) is 0 Å². The summed E-state index contributed by atoms with van der Waals surface area (Å²) < 4.78 is 5.52. The highest BCUT2D eigenvalue weighted by Crippen LogP contribution is 2.29. The Hall–Kier alpha value is -1.21. The third-order valence-electron chi connectivity index (χ3n) is 2.13. The summed E-state index contributed by atoms with van der Waals surface area (Å²) in [6.45, 7) is 3.96. The predicted octanol–water partition coefficient (Wildman–Crippen LogP) is 4.22. The van der Waals surface area contributed by atoms with Crippen LogP contribution in [-0.2, 0) is 0 Å². The van der Waals surface area contributed by atoms with Gasteiger partial charge in [0.1, 0.15) is 11.5 Å². The summed E-state index contributed by atoms with van der Waals surface area (Å²) in [6.07, 6.45) is 0. The van der Waals surface area contributed by atoms with Crippen LogP contribution < -0.4 is 0 Å². The second kappa shape index (κ2) is 3.50. The van der Waals surface area contributed by atoms with Crippen molar-refractivity contribution < 1.29 is 4.42 Å². The summed E-state index contributed by atoms with van der Waals surface area (Å²) in [7, 11) is 0. The first-order valence-electron chi connectivity index (χ1n) is 4.50. The average Bonchev–Trinajstić information content (AvgIpc) is 2.56. The second-order valence-electron chi connectivity index (χ2n) is 3.39. The molecule has 1 nitrogen and oxygen atoms in total. The minimum Gasteiger partial charge on any atom is -0.461 e. The Morgan fingerprint density at radius 1 is 1.07 bits per heavy atom. The fraction of sp³-hybridized carbons (Fsp3) is 0.167. The molecular formula is C12H11ClO. The third kappa shape index (κ3) is 1.68. The quantitative estimate of drug-likeness (QED) is 0.681. The first kappa shape index (κ1) is 9.35. The minimum absolute atomic E-state index is 0.727. The van der Waals surface area contributed by atoms with Gasteiger partial charge in [-0.3, -0.25) is 0 Å². The smallest absolute Gasteiger partial charge is 0.135 e. The van der Waals surface area contributed by atoms with Crippen LogP contribution >= 0.6 is 11.6 Å². The lowest BCUT2D eigenvalue weighted by Gasteiger charge is -2.01. The van der Waals surface area contributed by atoms with Crippen molar-refractivity contribution >= 4 is 11.6 Å². The highest BCUT2D eigenvalue weighted by atomic mass is 35.5. The van der Waals surface area contributed by atoms with Crippen LogP contribution in [-0.4, -0.2) is 0 Å². The second-order valence-corrected chi connectivity index (χ2v) is 3.80. The van der Waals surface area contributed by atoms with Gasteiger partial charge in [0.2, 0.25) is 0 Å². The Bertz CT molecular complexity index is 457. The lowest BCUT2D eigenvalue weighted by molar-refractivity contribution is 0.548. The van der Waals surface area contributed by atoms with Gasteiger partial charge in [-0.05, 0) is 38.1 Å². The van der Waals surface area contributed by atoms with Crippen LogP contribution in [0.4, 0.5) is 0 Å². The molecule has 1 aromatic heterocycles. The Morgan fingerprint density at radius 2 is 1.86 bits per heavy atom. The first-order chi connectivity index (χ1) is 6.66. The van der Waals surface area contributed by atoms with E-state index in [1.165, 1.54) is 5.56 Å². The standard InChI is InChI=1S/C12H11ClO/c1-8-3-5-11(13)10(7-8)12-6-4-9(2)14-12/h3-7H,1-2H3. The maximum atomic E-state index is 6.08. The minimum atomic E-state index is 0.727. The molecule has 2 heteroatoms. The molecular weight excluding hydrogens is 196 g/mol. The maximum absolute atomic E-state index is 6.08. The molecule has 2 rings (SSSR count). The number of aryl methyl sites for hydroxylation is 2. The van der Waals surface area contributed by atoms with E-state index in [0.717, 1.165) is 22.1 Å². The number of hydrogen-bond donors (Lipinski definition) is 0. The van der Waals surface area contributed by atoms with Crippen molar-refractivity contribution in [3.63, 3.8) is 0 Å². The highest BCUT2D eigenvalue weighted by molar-refractivity contribution is 6.33. The van der Waals surface area contributed by atoms with Crippen molar-refractivity contribution in [2.24, 2.45) is 0 Å². The fourth-order valence-corrected chi connectivity index (χ4v) is 1.62. The normalized spacial score (nSPS) is 10.5. The molecule has 2 aromatic rings. The lowest BCUT2D eigenvalue weighted by atomic mass is 10.1. The zero-order valence-electron chi connectivity index (χ0n) is 8.17. The molecule has 0 aliphatic carbocycles. The van der Waals surface area contributed by atoms with Crippen molar-refractivity contribution in [3.8, 4) is 11.3 Å². The van der Waals surface area contributed by atoms with Gasteiger partial charge in [-0.2, -0.15) is 0 Å². The van der Waals surface area contributed by atoms with Crippen LogP contribution in [0.25, 0.3) is 11.3 Å². The van der Waals surface area contributed by atoms with E-state index in [0.29, 0.717) is 0 Å². The van der Waals surface area contributed by atoms with Crippen LogP contribution in [0.3, 0.4) is 0 Å². The van der Waals surface area contributed by atoms with E-state index in [2.05, 4.69) is 0 Å². The maximum Gasteiger partial charge on any atom is 0.135 e. The summed E-state index contributed by atoms with van der Waals surface area (Å²) >= 11 is 6.08. The third-order valence-corrected chi connectivity index (χ3v) is 2.46.